The van der Waals surface area contributed by atoms with E-state index >= 15 is 0 Å². The minimum Gasteiger partial charge on any atom is -0.487 e. The van der Waals surface area contributed by atoms with Crippen molar-refractivity contribution in [1.29, 1.82) is 0 Å². The van der Waals surface area contributed by atoms with Crippen LogP contribution in [-0.2, 0) is 0 Å². The van der Waals surface area contributed by atoms with E-state index in [0.717, 1.165) is 37.3 Å². The first-order chi connectivity index (χ1) is 14.2. The number of nitrogens with one attached hydrogen (secondary N) is 2. The Kier molecular flexibility index (Phi) is 7.12. The zero-order chi connectivity index (χ0) is 19.7. The van der Waals surface area contributed by atoms with Crippen LogP contribution < -0.4 is 15.4 Å². The number of fused-ring (bicyclic) bond motifs is 1. The second-order valence-corrected chi connectivity index (χ2v) is 9.53. The van der Waals surface area contributed by atoms with Crippen LogP contribution in [-0.4, -0.2) is 48.7 Å². The summed E-state index contributed by atoms with van der Waals surface area (Å²) in [6, 6.07) is 9.72. The molecule has 1 aromatic rings. The first-order valence-corrected chi connectivity index (χ1v) is 11.8. The number of halogens is 1. The van der Waals surface area contributed by atoms with Gasteiger partial charge in [-0.15, -0.1) is 24.0 Å². The highest BCUT2D eigenvalue weighted by atomic mass is 127. The molecule has 4 aliphatic rings. The third-order valence-electron chi connectivity index (χ3n) is 7.26. The van der Waals surface area contributed by atoms with Crippen LogP contribution in [0.25, 0.3) is 0 Å². The molecule has 1 spiro atoms. The molecule has 5 nitrogen and oxygen atoms in total. The molecule has 2 aliphatic heterocycles. The van der Waals surface area contributed by atoms with E-state index < -0.39 is 0 Å². The van der Waals surface area contributed by atoms with Crippen molar-refractivity contribution in [3.63, 3.8) is 0 Å². The normalized spacial score (nSPS) is 28.0. The highest BCUT2D eigenvalue weighted by Gasteiger charge is 2.43. The lowest BCUT2D eigenvalue weighted by molar-refractivity contribution is 0.0396. The van der Waals surface area contributed by atoms with Crippen LogP contribution in [0.5, 0.6) is 5.75 Å². The van der Waals surface area contributed by atoms with E-state index in [1.54, 1.807) is 0 Å². The number of nitrogens with zero attached hydrogens (tertiary/aromatic N) is 2. The summed E-state index contributed by atoms with van der Waals surface area (Å²) in [5.74, 6) is 2.73. The van der Waals surface area contributed by atoms with Crippen molar-refractivity contribution >= 4 is 29.9 Å². The molecule has 0 aromatic heterocycles. The Labute approximate surface area is 198 Å². The van der Waals surface area contributed by atoms with Crippen molar-refractivity contribution in [2.24, 2.45) is 10.9 Å². The molecular weight excluding hydrogens is 487 g/mol. The van der Waals surface area contributed by atoms with Crippen molar-refractivity contribution in [3.8, 4) is 5.75 Å². The molecular formula is C24H37IN4O. The number of rotatable bonds is 5. The molecule has 0 bridgehead atoms. The van der Waals surface area contributed by atoms with Gasteiger partial charge in [0, 0.05) is 37.7 Å². The maximum Gasteiger partial charge on any atom is 0.191 e. The number of aliphatic imine (C=N–C) groups is 1. The van der Waals surface area contributed by atoms with Crippen LogP contribution in [0, 0.1) is 5.92 Å². The largest absolute Gasteiger partial charge is 0.487 e. The lowest BCUT2D eigenvalue weighted by Gasteiger charge is -2.40. The van der Waals surface area contributed by atoms with E-state index in [1.807, 2.05) is 0 Å². The molecule has 30 heavy (non-hydrogen) atoms. The third kappa shape index (κ3) is 4.90. The predicted molar refractivity (Wildman–Crippen MR) is 133 cm³/mol. The van der Waals surface area contributed by atoms with E-state index in [2.05, 4.69) is 46.7 Å². The molecule has 1 aromatic carbocycles. The highest BCUT2D eigenvalue weighted by molar-refractivity contribution is 14.0. The minimum atomic E-state index is 0. The van der Waals surface area contributed by atoms with Crippen LogP contribution in [0.2, 0.25) is 0 Å². The lowest BCUT2D eigenvalue weighted by atomic mass is 9.86. The van der Waals surface area contributed by atoms with E-state index in [9.17, 15) is 0 Å². The molecule has 166 valence electrons. The maximum atomic E-state index is 6.53. The van der Waals surface area contributed by atoms with E-state index in [4.69, 9.17) is 9.73 Å². The Bertz CT molecular complexity index is 744. The molecule has 2 heterocycles. The summed E-state index contributed by atoms with van der Waals surface area (Å²) in [4.78, 5) is 7.70. The van der Waals surface area contributed by atoms with E-state index in [1.165, 1.54) is 63.6 Å². The summed E-state index contributed by atoms with van der Waals surface area (Å²) in [6.45, 7) is 6.47. The fourth-order valence-electron chi connectivity index (χ4n) is 5.56. The van der Waals surface area contributed by atoms with Crippen LogP contribution in [0.3, 0.4) is 0 Å². The number of benzene rings is 1. The van der Waals surface area contributed by atoms with Gasteiger partial charge in [-0.3, -0.25) is 4.99 Å². The molecule has 2 atom stereocenters. The zero-order valence-corrected chi connectivity index (χ0v) is 20.6. The van der Waals surface area contributed by atoms with E-state index in [-0.39, 0.29) is 35.6 Å². The molecule has 2 unspecified atom stereocenters. The van der Waals surface area contributed by atoms with Crippen molar-refractivity contribution in [1.82, 2.24) is 15.5 Å². The van der Waals surface area contributed by atoms with Crippen molar-refractivity contribution in [2.75, 3.05) is 26.2 Å². The molecule has 6 heteroatoms. The summed E-state index contributed by atoms with van der Waals surface area (Å²) in [5.41, 5.74) is 1.29. The van der Waals surface area contributed by atoms with Gasteiger partial charge in [0.25, 0.3) is 0 Å². The lowest BCUT2D eigenvalue weighted by Crippen LogP contribution is -2.46. The van der Waals surface area contributed by atoms with Crippen LogP contribution >= 0.6 is 24.0 Å². The van der Waals surface area contributed by atoms with Gasteiger partial charge in [-0.05, 0) is 70.4 Å². The van der Waals surface area contributed by atoms with Crippen LogP contribution in [0.1, 0.15) is 69.9 Å². The highest BCUT2D eigenvalue weighted by Crippen LogP contribution is 2.47. The Hall–Kier alpha value is -1.02. The van der Waals surface area contributed by atoms with Crippen LogP contribution in [0.4, 0.5) is 0 Å². The zero-order valence-electron chi connectivity index (χ0n) is 18.2. The second kappa shape index (κ2) is 9.63. The van der Waals surface area contributed by atoms with Gasteiger partial charge in [0.2, 0.25) is 0 Å². The fourth-order valence-corrected chi connectivity index (χ4v) is 5.56. The van der Waals surface area contributed by atoms with Gasteiger partial charge in [-0.25, -0.2) is 0 Å². The first kappa shape index (κ1) is 22.2. The standard InChI is InChI=1S/C24H36N4O.HI/c1-2-25-23(26-16-18-11-14-28(17-18)19-9-10-19)27-21-15-24(12-5-6-13-24)29-22-8-4-3-7-20(21)22;/h3-4,7-8,18-19,21H,2,5-6,9-17H2,1H3,(H2,25,26,27);1H. The first-order valence-electron chi connectivity index (χ1n) is 11.8. The summed E-state index contributed by atoms with van der Waals surface area (Å²) in [6.07, 6.45) is 10.1. The number of likely N-dealkylation sites (tertiary alicyclic amines) is 1. The summed E-state index contributed by atoms with van der Waals surface area (Å²) >= 11 is 0. The Balaban J connectivity index is 0.00000218. The molecule has 5 rings (SSSR count). The molecule has 2 saturated carbocycles. The van der Waals surface area contributed by atoms with Crippen molar-refractivity contribution in [2.45, 2.75) is 76.0 Å². The Morgan fingerprint density at radius 2 is 2.00 bits per heavy atom. The van der Waals surface area contributed by atoms with Crippen molar-refractivity contribution in [3.05, 3.63) is 29.8 Å². The van der Waals surface area contributed by atoms with Gasteiger partial charge in [-0.1, -0.05) is 18.2 Å². The average Bonchev–Trinajstić information content (AvgIpc) is 3.31. The molecule has 3 fully saturated rings. The number of ether oxygens (including phenoxy) is 1. The topological polar surface area (TPSA) is 48.9 Å². The van der Waals surface area contributed by atoms with Crippen LogP contribution in [0.15, 0.2) is 29.3 Å². The molecule has 1 saturated heterocycles. The fraction of sp³-hybridized carbons (Fsp3) is 0.708. The second-order valence-electron chi connectivity index (χ2n) is 9.53. The van der Waals surface area contributed by atoms with Gasteiger partial charge in [-0.2, -0.15) is 0 Å². The van der Waals surface area contributed by atoms with Gasteiger partial charge >= 0.3 is 0 Å². The van der Waals surface area contributed by atoms with Gasteiger partial charge in [0.05, 0.1) is 6.04 Å². The van der Waals surface area contributed by atoms with Gasteiger partial charge in [0.1, 0.15) is 11.4 Å². The summed E-state index contributed by atoms with van der Waals surface area (Å²) < 4.78 is 6.53. The average molecular weight is 524 g/mol. The number of para-hydroxylation sites is 1. The number of hydrogen-bond donors (Lipinski definition) is 2. The molecule has 0 radical (unpaired) electrons. The predicted octanol–water partition coefficient (Wildman–Crippen LogP) is 4.48. The van der Waals surface area contributed by atoms with Gasteiger partial charge in [0.15, 0.2) is 5.96 Å². The minimum absolute atomic E-state index is 0. The smallest absolute Gasteiger partial charge is 0.191 e. The summed E-state index contributed by atoms with van der Waals surface area (Å²) in [7, 11) is 0. The quantitative estimate of drug-likeness (QED) is 0.339. The molecule has 0 amide bonds. The van der Waals surface area contributed by atoms with Gasteiger partial charge < -0.3 is 20.3 Å². The monoisotopic (exact) mass is 524 g/mol. The Morgan fingerprint density at radius 3 is 2.77 bits per heavy atom. The van der Waals surface area contributed by atoms with Crippen molar-refractivity contribution < 1.29 is 4.74 Å². The number of hydrogen-bond acceptors (Lipinski definition) is 3. The Morgan fingerprint density at radius 1 is 1.20 bits per heavy atom. The molecule has 2 aliphatic carbocycles. The van der Waals surface area contributed by atoms with E-state index in [0.29, 0.717) is 5.92 Å². The molecule has 2 N–H and O–H groups in total. The number of guanidine groups is 1. The SMILES string of the molecule is CCNC(=NCC1CCN(C2CC2)C1)NC1CC2(CCCC2)Oc2ccccc21.I. The third-order valence-corrected chi connectivity index (χ3v) is 7.26. The maximum absolute atomic E-state index is 6.53. The summed E-state index contributed by atoms with van der Waals surface area (Å²) in [5, 5.41) is 7.27.